The predicted molar refractivity (Wildman–Crippen MR) is 77.7 cm³/mol. The third kappa shape index (κ3) is 3.85. The number of hydrogen-bond acceptors (Lipinski definition) is 16. The molecule has 0 aromatic heterocycles. The zero-order valence-corrected chi connectivity index (χ0v) is 13.9. The zero-order valence-electron chi connectivity index (χ0n) is 13.9. The maximum absolute atomic E-state index is 14.6. The monoisotopic (exact) mass is 463 g/mol. The molecule has 0 atom stereocenters. The molecule has 1 radical (unpaired) electrons. The van der Waals surface area contributed by atoms with E-state index >= 15 is 0 Å². The van der Waals surface area contributed by atoms with Gasteiger partial charge in [0.05, 0.1) is 0 Å². The standard InChI is InChI=1S/C6H4FN8O16/c7-6(14(28)29,15(30)31)3(1-4(8(16)17,9(18)19)10(20)21)2-5(11(22)23,12(24)25)13(26)27/h1-2H2. The van der Waals surface area contributed by atoms with Gasteiger partial charge in [-0.05, 0) is 0 Å². The lowest BCUT2D eigenvalue weighted by Crippen LogP contribution is -2.62. The molecule has 25 heteroatoms. The minimum atomic E-state index is -5.62. The van der Waals surface area contributed by atoms with Crippen molar-refractivity contribution in [2.45, 2.75) is 30.3 Å². The highest BCUT2D eigenvalue weighted by Crippen LogP contribution is 2.41. The number of halogens is 1. The van der Waals surface area contributed by atoms with Crippen LogP contribution in [0, 0.1) is 86.8 Å². The molecule has 171 valence electrons. The summed E-state index contributed by atoms with van der Waals surface area (Å²) in [5, 5.41) is 87.2. The first kappa shape index (κ1) is 26.1. The topological polar surface area (TPSA) is 345 Å². The summed E-state index contributed by atoms with van der Waals surface area (Å²) in [5.41, 5.74) is 0. The minimum absolute atomic E-state index is 2.46. The second kappa shape index (κ2) is 8.24. The molecule has 0 amide bonds. The summed E-state index contributed by atoms with van der Waals surface area (Å²) >= 11 is 0. The molecule has 0 saturated heterocycles. The first-order valence-corrected chi connectivity index (χ1v) is 6.56. The van der Waals surface area contributed by atoms with Crippen LogP contribution >= 0.6 is 0 Å². The van der Waals surface area contributed by atoms with Gasteiger partial charge in [-0.3, -0.25) is 80.9 Å². The van der Waals surface area contributed by atoms with Gasteiger partial charge in [-0.2, -0.15) is 0 Å². The van der Waals surface area contributed by atoms with Crippen LogP contribution in [0.4, 0.5) is 4.39 Å². The summed E-state index contributed by atoms with van der Waals surface area (Å²) in [6.45, 7) is 0. The van der Waals surface area contributed by atoms with Gasteiger partial charge in [0.2, 0.25) is 5.92 Å². The smallest absolute Gasteiger partial charge is 0.256 e. The van der Waals surface area contributed by atoms with Crippen molar-refractivity contribution in [3.8, 4) is 0 Å². The van der Waals surface area contributed by atoms with Crippen LogP contribution in [0.2, 0.25) is 0 Å². The Morgan fingerprint density at radius 2 is 0.677 bits per heavy atom. The van der Waals surface area contributed by atoms with Crippen LogP contribution in [0.5, 0.6) is 0 Å². The highest BCUT2D eigenvalue weighted by molar-refractivity contribution is 5.01. The quantitative estimate of drug-likeness (QED) is 0.129. The SMILES string of the molecule is O=[N+]([O-])C(F)([C](CC([N+](=O)[O-])([N+](=O)[O-])[N+](=O)[O-])CC([N+](=O)[O-])([N+](=O)[O-])[N+](=O)[O-])[N+](=O)[O-]. The average Bonchev–Trinajstić information content (AvgIpc) is 2.58. The van der Waals surface area contributed by atoms with Gasteiger partial charge >= 0.3 is 17.5 Å². The van der Waals surface area contributed by atoms with E-state index < -0.39 is 75.6 Å². The molecule has 0 spiro atoms. The van der Waals surface area contributed by atoms with E-state index in [1.165, 1.54) is 0 Å². The molecule has 0 aromatic carbocycles. The first-order valence-electron chi connectivity index (χ1n) is 6.56. The molecular formula is C6H4FN8O16. The third-order valence-corrected chi connectivity index (χ3v) is 3.59. The Morgan fingerprint density at radius 1 is 0.484 bits per heavy atom. The fourth-order valence-corrected chi connectivity index (χ4v) is 1.97. The molecule has 31 heavy (non-hydrogen) atoms. The number of nitrogens with zero attached hydrogens (tertiary/aromatic N) is 8. The minimum Gasteiger partial charge on any atom is -0.256 e. The van der Waals surface area contributed by atoms with Crippen LogP contribution < -0.4 is 0 Å². The van der Waals surface area contributed by atoms with E-state index in [1.807, 2.05) is 0 Å². The van der Waals surface area contributed by atoms with Gasteiger partial charge < -0.3 is 0 Å². The Morgan fingerprint density at radius 3 is 0.806 bits per heavy atom. The van der Waals surface area contributed by atoms with Crippen molar-refractivity contribution in [1.29, 1.82) is 0 Å². The summed E-state index contributed by atoms with van der Waals surface area (Å²) < 4.78 is 14.6. The first-order chi connectivity index (χ1) is 13.9. The summed E-state index contributed by atoms with van der Waals surface area (Å²) in [6.07, 6.45) is -5.98. The highest BCUT2D eigenvalue weighted by Gasteiger charge is 2.84. The van der Waals surface area contributed by atoms with E-state index in [2.05, 4.69) is 0 Å². The van der Waals surface area contributed by atoms with Crippen molar-refractivity contribution >= 4 is 0 Å². The van der Waals surface area contributed by atoms with Crippen LogP contribution in [-0.2, 0) is 0 Å². The molecule has 0 aliphatic heterocycles. The molecule has 0 aliphatic carbocycles. The lowest BCUT2D eigenvalue weighted by molar-refractivity contribution is -0.976. The molecule has 0 fully saturated rings. The van der Waals surface area contributed by atoms with Gasteiger partial charge in [-0.25, -0.2) is 0 Å². The Hall–Kier alpha value is -4.87. The lowest BCUT2D eigenvalue weighted by atomic mass is 9.89. The predicted octanol–water partition coefficient (Wildman–Crippen LogP) is -1.51. The van der Waals surface area contributed by atoms with Crippen molar-refractivity contribution in [3.63, 3.8) is 0 Å². The Balaban J connectivity index is 7.27. The zero-order chi connectivity index (χ0) is 25.1. The third-order valence-electron chi connectivity index (χ3n) is 3.59. The Labute approximate surface area is 162 Å². The molecule has 0 heterocycles. The number of alkyl halides is 1. The maximum atomic E-state index is 14.6. The van der Waals surface area contributed by atoms with Crippen LogP contribution in [-0.4, -0.2) is 56.9 Å². The van der Waals surface area contributed by atoms with Crippen molar-refractivity contribution < 1.29 is 43.8 Å². The van der Waals surface area contributed by atoms with E-state index in [1.54, 1.807) is 0 Å². The fraction of sp³-hybridized carbons (Fsp3) is 0.833. The lowest BCUT2D eigenvalue weighted by Gasteiger charge is -2.19. The maximum Gasteiger partial charge on any atom is 0.701 e. The van der Waals surface area contributed by atoms with Crippen molar-refractivity contribution in [2.75, 3.05) is 0 Å². The largest absolute Gasteiger partial charge is 0.701 e. The van der Waals surface area contributed by atoms with E-state index in [9.17, 15) is 85.3 Å². The van der Waals surface area contributed by atoms with Gasteiger partial charge in [-0.1, -0.05) is 4.39 Å². The number of nitro groups is 8. The molecule has 24 nitrogen and oxygen atoms in total. The van der Waals surface area contributed by atoms with Crippen molar-refractivity contribution in [1.82, 2.24) is 0 Å². The Kier molecular flexibility index (Phi) is 6.95. The number of rotatable bonds is 13. The van der Waals surface area contributed by atoms with Crippen molar-refractivity contribution in [3.05, 3.63) is 86.8 Å². The van der Waals surface area contributed by atoms with E-state index in [4.69, 9.17) is 0 Å². The van der Waals surface area contributed by atoms with E-state index in [0.29, 0.717) is 0 Å². The van der Waals surface area contributed by atoms with Gasteiger partial charge in [-0.15, -0.1) is 0 Å². The van der Waals surface area contributed by atoms with Gasteiger partial charge in [0.25, 0.3) is 0 Å². The number of hydrogen-bond donors (Lipinski definition) is 0. The molecule has 0 saturated carbocycles. The second-order valence-corrected chi connectivity index (χ2v) is 5.15. The van der Waals surface area contributed by atoms with Gasteiger partial charge in [0.1, 0.15) is 9.85 Å². The second-order valence-electron chi connectivity index (χ2n) is 5.15. The molecule has 0 rings (SSSR count). The van der Waals surface area contributed by atoms with Gasteiger partial charge in [0.15, 0.2) is 42.4 Å². The van der Waals surface area contributed by atoms with E-state index in [-0.39, 0.29) is 0 Å². The summed E-state index contributed by atoms with van der Waals surface area (Å²) in [5.74, 6) is -18.5. The van der Waals surface area contributed by atoms with Crippen LogP contribution in [0.15, 0.2) is 0 Å². The summed E-state index contributed by atoms with van der Waals surface area (Å²) in [4.78, 5) is 67.1. The highest BCUT2D eigenvalue weighted by atomic mass is 19.2. The van der Waals surface area contributed by atoms with Crippen LogP contribution in [0.25, 0.3) is 0 Å². The molecule has 0 aromatic rings. The average molecular weight is 463 g/mol. The molecular weight excluding hydrogens is 459 g/mol. The normalized spacial score (nSPS) is 12.1. The van der Waals surface area contributed by atoms with Gasteiger partial charge in [0, 0.05) is 0 Å². The molecule has 0 N–H and O–H groups in total. The summed E-state index contributed by atoms with van der Waals surface area (Å²) in [7, 11) is 0. The Bertz CT molecular complexity index is 747. The fourth-order valence-electron chi connectivity index (χ4n) is 1.97. The molecule has 0 bridgehead atoms. The van der Waals surface area contributed by atoms with E-state index in [0.717, 1.165) is 0 Å². The van der Waals surface area contributed by atoms with Crippen LogP contribution in [0.1, 0.15) is 12.8 Å². The summed E-state index contributed by atoms with van der Waals surface area (Å²) in [6, 6.07) is 0. The van der Waals surface area contributed by atoms with Crippen molar-refractivity contribution in [2.24, 2.45) is 0 Å². The van der Waals surface area contributed by atoms with Crippen LogP contribution in [0.3, 0.4) is 0 Å². The molecule has 0 aliphatic rings. The molecule has 0 unspecified atom stereocenters.